The molecule has 168 valence electrons. The molecule has 2 heterocycles. The van der Waals surface area contributed by atoms with E-state index in [9.17, 15) is 14.4 Å². The predicted molar refractivity (Wildman–Crippen MR) is 126 cm³/mol. The number of fused-ring (bicyclic) bond motifs is 1. The van der Waals surface area contributed by atoms with Crippen molar-refractivity contribution in [2.24, 2.45) is 0 Å². The zero-order chi connectivity index (χ0) is 24.0. The molecule has 34 heavy (non-hydrogen) atoms. The van der Waals surface area contributed by atoms with Crippen LogP contribution in [0.2, 0.25) is 0 Å². The van der Waals surface area contributed by atoms with Gasteiger partial charge in [-0.1, -0.05) is 29.4 Å². The molecule has 0 atom stereocenters. The van der Waals surface area contributed by atoms with Crippen molar-refractivity contribution in [3.05, 3.63) is 94.4 Å². The molecule has 0 saturated heterocycles. The van der Waals surface area contributed by atoms with E-state index in [0.717, 1.165) is 11.1 Å². The van der Waals surface area contributed by atoms with Crippen LogP contribution in [0.5, 0.6) is 0 Å². The van der Waals surface area contributed by atoms with Crippen molar-refractivity contribution in [2.75, 3.05) is 10.2 Å². The van der Waals surface area contributed by atoms with Gasteiger partial charge in [-0.2, -0.15) is 4.98 Å². The van der Waals surface area contributed by atoms with E-state index in [2.05, 4.69) is 15.5 Å². The maximum absolute atomic E-state index is 13.2. The first-order valence-corrected chi connectivity index (χ1v) is 10.6. The first kappa shape index (κ1) is 21.3. The van der Waals surface area contributed by atoms with Crippen molar-refractivity contribution in [3.63, 3.8) is 0 Å². The van der Waals surface area contributed by atoms with Gasteiger partial charge in [0, 0.05) is 18.1 Å². The van der Waals surface area contributed by atoms with E-state index in [-0.39, 0.29) is 16.7 Å². The number of aromatic nitrogens is 2. The van der Waals surface area contributed by atoms with Crippen molar-refractivity contribution < 1.29 is 18.9 Å². The Bertz CT molecular complexity index is 1490. The quantitative estimate of drug-likeness (QED) is 0.450. The van der Waals surface area contributed by atoms with Crippen LogP contribution >= 0.6 is 0 Å². The largest absolute Gasteiger partial charge is 0.339 e. The van der Waals surface area contributed by atoms with Gasteiger partial charge in [-0.05, 0) is 61.4 Å². The number of benzene rings is 3. The van der Waals surface area contributed by atoms with E-state index in [1.807, 2.05) is 26.0 Å². The van der Waals surface area contributed by atoms with Crippen molar-refractivity contribution in [1.29, 1.82) is 0 Å². The summed E-state index contributed by atoms with van der Waals surface area (Å²) in [6.07, 6.45) is 0. The van der Waals surface area contributed by atoms with E-state index < -0.39 is 17.7 Å². The molecule has 1 N–H and O–H groups in total. The summed E-state index contributed by atoms with van der Waals surface area (Å²) in [4.78, 5) is 44.7. The number of hydrogen-bond acceptors (Lipinski definition) is 6. The fourth-order valence-corrected chi connectivity index (χ4v) is 3.95. The molecule has 1 aliphatic rings. The number of nitrogens with one attached hydrogen (secondary N) is 1. The molecule has 5 rings (SSSR count). The molecular weight excluding hydrogens is 432 g/mol. The third-order valence-corrected chi connectivity index (χ3v) is 5.70. The molecule has 0 radical (unpaired) electrons. The Morgan fingerprint density at radius 2 is 1.65 bits per heavy atom. The number of anilines is 2. The molecule has 0 spiro atoms. The van der Waals surface area contributed by atoms with Gasteiger partial charge in [0.05, 0.1) is 22.5 Å². The molecule has 1 aliphatic heterocycles. The highest BCUT2D eigenvalue weighted by Gasteiger charge is 2.37. The maximum atomic E-state index is 13.2. The summed E-state index contributed by atoms with van der Waals surface area (Å²) in [5.41, 5.74) is 4.10. The highest BCUT2D eigenvalue weighted by molar-refractivity contribution is 6.35. The molecule has 4 aromatic rings. The van der Waals surface area contributed by atoms with Gasteiger partial charge in [0.25, 0.3) is 17.7 Å². The molecule has 8 heteroatoms. The van der Waals surface area contributed by atoms with Crippen molar-refractivity contribution in [3.8, 4) is 11.4 Å². The lowest BCUT2D eigenvalue weighted by Gasteiger charge is -2.17. The third-order valence-electron chi connectivity index (χ3n) is 5.70. The highest BCUT2D eigenvalue weighted by atomic mass is 16.5. The lowest BCUT2D eigenvalue weighted by atomic mass is 10.0. The van der Waals surface area contributed by atoms with Crippen LogP contribution in [0.15, 0.2) is 65.2 Å². The van der Waals surface area contributed by atoms with Crippen LogP contribution in [0.4, 0.5) is 11.4 Å². The van der Waals surface area contributed by atoms with Gasteiger partial charge in [0.2, 0.25) is 11.7 Å². The van der Waals surface area contributed by atoms with Crippen LogP contribution in [-0.2, 0) is 0 Å². The van der Waals surface area contributed by atoms with E-state index >= 15 is 0 Å². The van der Waals surface area contributed by atoms with E-state index in [1.165, 1.54) is 23.1 Å². The molecule has 0 fully saturated rings. The summed E-state index contributed by atoms with van der Waals surface area (Å²) in [7, 11) is 0. The van der Waals surface area contributed by atoms with Gasteiger partial charge < -0.3 is 9.84 Å². The molecule has 0 aliphatic carbocycles. The van der Waals surface area contributed by atoms with Crippen molar-refractivity contribution >= 4 is 29.1 Å². The second-order valence-electron chi connectivity index (χ2n) is 8.13. The Hall–Kier alpha value is -4.59. The summed E-state index contributed by atoms with van der Waals surface area (Å²) >= 11 is 0. The molecule has 8 nitrogen and oxygen atoms in total. The first-order chi connectivity index (χ1) is 16.3. The minimum Gasteiger partial charge on any atom is -0.339 e. The van der Waals surface area contributed by atoms with Crippen LogP contribution in [-0.4, -0.2) is 27.9 Å². The topological polar surface area (TPSA) is 105 Å². The number of para-hydroxylation sites is 1. The predicted octanol–water partition coefficient (Wildman–Crippen LogP) is 4.71. The van der Waals surface area contributed by atoms with Crippen molar-refractivity contribution in [1.82, 2.24) is 10.1 Å². The van der Waals surface area contributed by atoms with Gasteiger partial charge in [-0.25, -0.2) is 4.90 Å². The summed E-state index contributed by atoms with van der Waals surface area (Å²) in [6, 6.07) is 17.2. The Labute approximate surface area is 195 Å². The Morgan fingerprint density at radius 1 is 0.882 bits per heavy atom. The summed E-state index contributed by atoms with van der Waals surface area (Å²) in [5.74, 6) is -0.524. The SMILES string of the molecule is Cc1ccc(C)c(N2C(=O)c3ccc(C(=O)Nc4ccccc4-c4noc(C)n4)cc3C2=O)c1. The van der Waals surface area contributed by atoms with Gasteiger partial charge >= 0.3 is 0 Å². The van der Waals surface area contributed by atoms with Crippen LogP contribution in [0.1, 0.15) is 48.1 Å². The average molecular weight is 452 g/mol. The van der Waals surface area contributed by atoms with Crippen LogP contribution in [0.3, 0.4) is 0 Å². The minimum atomic E-state index is -0.453. The number of aryl methyl sites for hydroxylation is 3. The van der Waals surface area contributed by atoms with Crippen LogP contribution in [0, 0.1) is 20.8 Å². The lowest BCUT2D eigenvalue weighted by Crippen LogP contribution is -2.30. The number of imide groups is 1. The number of carbonyl (C=O) groups excluding carboxylic acids is 3. The van der Waals surface area contributed by atoms with Gasteiger partial charge in [-0.3, -0.25) is 14.4 Å². The molecule has 3 aromatic carbocycles. The molecule has 0 saturated carbocycles. The number of hydrogen-bond donors (Lipinski definition) is 1. The second kappa shape index (κ2) is 8.08. The zero-order valence-corrected chi connectivity index (χ0v) is 18.7. The number of amides is 3. The van der Waals surface area contributed by atoms with Crippen molar-refractivity contribution in [2.45, 2.75) is 20.8 Å². The number of carbonyl (C=O) groups is 3. The summed E-state index contributed by atoms with van der Waals surface area (Å²) < 4.78 is 5.05. The molecule has 0 bridgehead atoms. The van der Waals surface area contributed by atoms with E-state index in [1.54, 1.807) is 37.3 Å². The van der Waals surface area contributed by atoms with E-state index in [4.69, 9.17) is 4.52 Å². The Morgan fingerprint density at radius 3 is 2.41 bits per heavy atom. The van der Waals surface area contributed by atoms with Crippen LogP contribution in [0.25, 0.3) is 11.4 Å². The fourth-order valence-electron chi connectivity index (χ4n) is 3.95. The normalized spacial score (nSPS) is 12.7. The lowest BCUT2D eigenvalue weighted by molar-refractivity contribution is 0.0925. The van der Waals surface area contributed by atoms with Gasteiger partial charge in [0.1, 0.15) is 0 Å². The molecule has 3 amide bonds. The number of rotatable bonds is 4. The monoisotopic (exact) mass is 452 g/mol. The summed E-state index contributed by atoms with van der Waals surface area (Å²) in [6.45, 7) is 5.43. The minimum absolute atomic E-state index is 0.195. The third kappa shape index (κ3) is 3.55. The fraction of sp³-hybridized carbons (Fsp3) is 0.115. The average Bonchev–Trinajstić information content (AvgIpc) is 3.36. The molecule has 0 unspecified atom stereocenters. The molecule has 1 aromatic heterocycles. The highest BCUT2D eigenvalue weighted by Crippen LogP contribution is 2.32. The smallest absolute Gasteiger partial charge is 0.266 e. The second-order valence-corrected chi connectivity index (χ2v) is 8.13. The van der Waals surface area contributed by atoms with Gasteiger partial charge in [-0.15, -0.1) is 0 Å². The Balaban J connectivity index is 1.46. The summed E-state index contributed by atoms with van der Waals surface area (Å²) in [5, 5.41) is 6.76. The standard InChI is InChI=1S/C26H20N4O4/c1-14-8-9-15(2)22(12-14)30-25(32)18-11-10-17(13-20(18)26(30)33)24(31)28-21-7-5-4-6-19(21)23-27-16(3)34-29-23/h4-13H,1-3H3,(H,28,31). The Kier molecular flexibility index (Phi) is 5.05. The number of nitrogens with zero attached hydrogens (tertiary/aromatic N) is 3. The maximum Gasteiger partial charge on any atom is 0.266 e. The molecular formula is C26H20N4O4. The van der Waals surface area contributed by atoms with E-state index in [0.29, 0.717) is 28.7 Å². The van der Waals surface area contributed by atoms with Crippen LogP contribution < -0.4 is 10.2 Å². The zero-order valence-electron chi connectivity index (χ0n) is 18.7. The first-order valence-electron chi connectivity index (χ1n) is 10.6. The van der Waals surface area contributed by atoms with Gasteiger partial charge in [0.15, 0.2) is 0 Å².